The molecule has 132 valence electrons. The van der Waals surface area contributed by atoms with Gasteiger partial charge in [0, 0.05) is 11.8 Å². The van der Waals surface area contributed by atoms with Crippen LogP contribution >= 0.6 is 0 Å². The first kappa shape index (κ1) is 17.2. The fourth-order valence-corrected chi connectivity index (χ4v) is 5.67. The molecule has 0 heterocycles. The van der Waals surface area contributed by atoms with E-state index < -0.39 is 22.8 Å². The van der Waals surface area contributed by atoms with E-state index in [4.69, 9.17) is 4.74 Å². The highest BCUT2D eigenvalue weighted by Crippen LogP contribution is 2.63. The maximum Gasteiger partial charge on any atom is 0.343 e. The van der Waals surface area contributed by atoms with Gasteiger partial charge >= 0.3 is 5.97 Å². The minimum atomic E-state index is -1.95. The Bertz CT molecular complexity index is 471. The van der Waals surface area contributed by atoms with Crippen LogP contribution in [0, 0.1) is 11.3 Å². The first-order valence-electron chi connectivity index (χ1n) is 8.90. The number of unbranched alkanes of at least 4 members (excludes halogenated alkanes) is 1. The Morgan fingerprint density at radius 3 is 2.35 bits per heavy atom. The predicted molar refractivity (Wildman–Crippen MR) is 83.5 cm³/mol. The van der Waals surface area contributed by atoms with Crippen LogP contribution in [0.25, 0.3) is 0 Å². The van der Waals surface area contributed by atoms with Crippen molar-refractivity contribution >= 4 is 5.97 Å². The van der Waals surface area contributed by atoms with Gasteiger partial charge in [-0.3, -0.25) is 0 Å². The van der Waals surface area contributed by atoms with Crippen molar-refractivity contribution in [1.82, 2.24) is 0 Å². The van der Waals surface area contributed by atoms with E-state index in [9.17, 15) is 19.4 Å². The van der Waals surface area contributed by atoms with Crippen molar-refractivity contribution < 1.29 is 24.1 Å². The molecule has 23 heavy (non-hydrogen) atoms. The molecular weight excluding hydrogens is 299 g/mol. The van der Waals surface area contributed by atoms with Gasteiger partial charge in [-0.15, -0.1) is 0 Å². The lowest BCUT2D eigenvalue weighted by atomic mass is 9.46. The monoisotopic (exact) mass is 328 g/mol. The van der Waals surface area contributed by atoms with Gasteiger partial charge in [-0.25, -0.2) is 9.18 Å². The first-order valence-corrected chi connectivity index (χ1v) is 8.90. The normalized spacial score (nSPS) is 44.1. The molecule has 4 bridgehead atoms. The zero-order valence-electron chi connectivity index (χ0n) is 14.2. The van der Waals surface area contributed by atoms with E-state index in [-0.39, 0.29) is 24.4 Å². The molecule has 0 aromatic carbocycles. The topological polar surface area (TPSA) is 66.8 Å². The van der Waals surface area contributed by atoms with Crippen molar-refractivity contribution in [2.75, 3.05) is 6.61 Å². The van der Waals surface area contributed by atoms with E-state index in [0.29, 0.717) is 25.7 Å². The Kier molecular flexibility index (Phi) is 4.04. The molecule has 0 spiro atoms. The molecule has 4 nitrogen and oxygen atoms in total. The molecule has 0 aromatic heterocycles. The molecule has 4 aliphatic carbocycles. The highest BCUT2D eigenvalue weighted by atomic mass is 19.1. The fourth-order valence-electron chi connectivity index (χ4n) is 5.67. The lowest BCUT2D eigenvalue weighted by Gasteiger charge is -2.63. The summed E-state index contributed by atoms with van der Waals surface area (Å²) in [5.74, 6) is -0.530. The number of hydrogen-bond donors (Lipinski definition) is 2. The van der Waals surface area contributed by atoms with Crippen molar-refractivity contribution in [3.8, 4) is 0 Å². The Morgan fingerprint density at radius 1 is 1.22 bits per heavy atom. The van der Waals surface area contributed by atoms with Crippen LogP contribution in [0.2, 0.25) is 0 Å². The van der Waals surface area contributed by atoms with E-state index in [1.807, 2.05) is 6.92 Å². The Balaban J connectivity index is 1.65. The summed E-state index contributed by atoms with van der Waals surface area (Å²) in [5, 5.41) is 21.4. The van der Waals surface area contributed by atoms with Gasteiger partial charge in [-0.1, -0.05) is 13.3 Å². The molecule has 0 amide bonds. The van der Waals surface area contributed by atoms with Crippen molar-refractivity contribution in [3.63, 3.8) is 0 Å². The lowest BCUT2D eigenvalue weighted by molar-refractivity contribution is -0.241. The smallest absolute Gasteiger partial charge is 0.343 e. The Morgan fingerprint density at radius 2 is 1.83 bits per heavy atom. The molecule has 0 radical (unpaired) electrons. The first-order chi connectivity index (χ1) is 10.6. The second kappa shape index (κ2) is 5.41. The maximum absolute atomic E-state index is 14.4. The lowest BCUT2D eigenvalue weighted by Crippen LogP contribution is -2.64. The van der Waals surface area contributed by atoms with Gasteiger partial charge in [-0.05, 0) is 57.8 Å². The standard InChI is InChI=1S/C18H29FO4/c1-3-4-5-15(2,19)14(20)23-12-16-6-13-7-17(21,9-16)11-18(22,8-13)10-16/h13,21-22H,3-12H2,1-2H3. The van der Waals surface area contributed by atoms with Crippen molar-refractivity contribution in [3.05, 3.63) is 0 Å². The van der Waals surface area contributed by atoms with Crippen LogP contribution in [-0.4, -0.2) is 39.7 Å². The summed E-state index contributed by atoms with van der Waals surface area (Å²) in [6, 6.07) is 0. The minimum absolute atomic E-state index is 0.110. The summed E-state index contributed by atoms with van der Waals surface area (Å²) < 4.78 is 19.8. The third kappa shape index (κ3) is 3.27. The molecule has 4 fully saturated rings. The number of halogens is 1. The average Bonchev–Trinajstić information content (AvgIpc) is 2.38. The van der Waals surface area contributed by atoms with Gasteiger partial charge < -0.3 is 14.9 Å². The van der Waals surface area contributed by atoms with E-state index in [2.05, 4.69) is 0 Å². The van der Waals surface area contributed by atoms with Crippen LogP contribution in [0.1, 0.15) is 71.6 Å². The number of alkyl halides is 1. The van der Waals surface area contributed by atoms with E-state index >= 15 is 0 Å². The van der Waals surface area contributed by atoms with Crippen molar-refractivity contribution in [2.24, 2.45) is 11.3 Å². The average molecular weight is 328 g/mol. The van der Waals surface area contributed by atoms with Crippen molar-refractivity contribution in [1.29, 1.82) is 0 Å². The van der Waals surface area contributed by atoms with Crippen LogP contribution in [0.3, 0.4) is 0 Å². The van der Waals surface area contributed by atoms with Crippen LogP contribution in [0.5, 0.6) is 0 Å². The van der Waals surface area contributed by atoms with Gasteiger partial charge in [0.25, 0.3) is 0 Å². The molecule has 2 N–H and O–H groups in total. The number of hydrogen-bond acceptors (Lipinski definition) is 4. The summed E-state index contributed by atoms with van der Waals surface area (Å²) >= 11 is 0. The molecule has 0 aliphatic heterocycles. The van der Waals surface area contributed by atoms with E-state index in [1.165, 1.54) is 6.92 Å². The Labute approximate surface area is 137 Å². The third-order valence-electron chi connectivity index (χ3n) is 6.06. The number of ether oxygens (including phenoxy) is 1. The fraction of sp³-hybridized carbons (Fsp3) is 0.944. The van der Waals surface area contributed by atoms with Gasteiger partial charge in [0.15, 0.2) is 0 Å². The van der Waals surface area contributed by atoms with E-state index in [1.54, 1.807) is 0 Å². The molecular formula is C18H29FO4. The third-order valence-corrected chi connectivity index (χ3v) is 6.06. The summed E-state index contributed by atoms with van der Waals surface area (Å²) in [6.45, 7) is 3.35. The Hall–Kier alpha value is -0.680. The van der Waals surface area contributed by atoms with Gasteiger partial charge in [-0.2, -0.15) is 0 Å². The SMILES string of the molecule is CCCCC(C)(F)C(=O)OCC12CC3CC(O)(CC(O)(C3)C1)C2. The number of carbonyl (C=O) groups excluding carboxylic acids is 1. The summed E-state index contributed by atoms with van der Waals surface area (Å²) in [5.41, 5.74) is -4.03. The number of carbonyl (C=O) groups is 1. The second-order valence-electron chi connectivity index (χ2n) is 8.83. The second-order valence-corrected chi connectivity index (χ2v) is 8.83. The van der Waals surface area contributed by atoms with Crippen LogP contribution in [0.4, 0.5) is 4.39 Å². The van der Waals surface area contributed by atoms with Crippen LogP contribution in [-0.2, 0) is 9.53 Å². The van der Waals surface area contributed by atoms with Gasteiger partial charge in [0.1, 0.15) is 0 Å². The molecule has 3 unspecified atom stereocenters. The summed E-state index contributed by atoms with van der Waals surface area (Å²) in [7, 11) is 0. The van der Waals surface area contributed by atoms with Crippen molar-refractivity contribution in [2.45, 2.75) is 88.5 Å². The predicted octanol–water partition coefficient (Wildman–Crippen LogP) is 2.89. The number of rotatable bonds is 6. The van der Waals surface area contributed by atoms with Crippen LogP contribution < -0.4 is 0 Å². The summed E-state index contributed by atoms with van der Waals surface area (Å²) in [6.07, 6.45) is 5.46. The zero-order chi connectivity index (χ0) is 16.9. The quantitative estimate of drug-likeness (QED) is 0.736. The molecule has 5 heteroatoms. The molecule has 4 aliphatic rings. The highest BCUT2D eigenvalue weighted by molar-refractivity contribution is 5.78. The summed E-state index contributed by atoms with van der Waals surface area (Å²) in [4.78, 5) is 12.1. The maximum atomic E-state index is 14.4. The number of aliphatic hydroxyl groups is 2. The van der Waals surface area contributed by atoms with Crippen LogP contribution in [0.15, 0.2) is 0 Å². The highest BCUT2D eigenvalue weighted by Gasteiger charge is 2.63. The molecule has 4 rings (SSSR count). The van der Waals surface area contributed by atoms with E-state index in [0.717, 1.165) is 25.7 Å². The molecule has 0 aromatic rings. The number of esters is 1. The zero-order valence-corrected chi connectivity index (χ0v) is 14.2. The molecule has 4 saturated carbocycles. The molecule has 0 saturated heterocycles. The molecule has 3 atom stereocenters. The van der Waals surface area contributed by atoms with Gasteiger partial charge in [0.05, 0.1) is 17.8 Å². The van der Waals surface area contributed by atoms with Gasteiger partial charge in [0.2, 0.25) is 5.67 Å². The largest absolute Gasteiger partial charge is 0.463 e. The minimum Gasteiger partial charge on any atom is -0.463 e.